The Labute approximate surface area is 176 Å². The van der Waals surface area contributed by atoms with Crippen molar-refractivity contribution < 1.29 is 14.3 Å². The number of nitrogens with zero attached hydrogens (tertiary/aromatic N) is 3. The largest absolute Gasteiger partial charge is 0.466 e. The molecule has 1 amide bonds. The van der Waals surface area contributed by atoms with Crippen molar-refractivity contribution in [1.29, 1.82) is 0 Å². The molecule has 2 aromatic rings. The molecule has 0 radical (unpaired) electrons. The molecule has 0 atom stereocenters. The molecule has 3 rings (SSSR count). The molecule has 0 bridgehead atoms. The first-order chi connectivity index (χ1) is 13.8. The van der Waals surface area contributed by atoms with E-state index in [1.807, 2.05) is 56.9 Å². The summed E-state index contributed by atoms with van der Waals surface area (Å²) in [5.74, 6) is -0.123. The standard InChI is InChI=1S/C22H28ClN3O3/c1-5-29-21(28)22(4)9-11-25(12-10-22)20(27)18-14-24-26(19(18)15(2)3)17-8-6-7-16(23)13-17/h6-8,13-15H,5,9-12H2,1-4H3. The summed E-state index contributed by atoms with van der Waals surface area (Å²) in [6, 6.07) is 7.43. The van der Waals surface area contributed by atoms with Gasteiger partial charge in [-0.05, 0) is 50.8 Å². The molecule has 0 aliphatic carbocycles. The van der Waals surface area contributed by atoms with Gasteiger partial charge < -0.3 is 9.64 Å². The predicted molar refractivity (Wildman–Crippen MR) is 113 cm³/mol. The van der Waals surface area contributed by atoms with E-state index in [4.69, 9.17) is 16.3 Å². The van der Waals surface area contributed by atoms with E-state index in [-0.39, 0.29) is 17.8 Å². The number of carbonyl (C=O) groups excluding carboxylic acids is 2. The number of likely N-dealkylation sites (tertiary alicyclic amines) is 1. The maximum Gasteiger partial charge on any atom is 0.311 e. The van der Waals surface area contributed by atoms with Gasteiger partial charge in [-0.1, -0.05) is 31.5 Å². The van der Waals surface area contributed by atoms with E-state index in [0.717, 1.165) is 11.4 Å². The summed E-state index contributed by atoms with van der Waals surface area (Å²) in [6.45, 7) is 9.24. The fraction of sp³-hybridized carbons (Fsp3) is 0.500. The summed E-state index contributed by atoms with van der Waals surface area (Å²) in [5, 5.41) is 5.10. The Morgan fingerprint density at radius 3 is 2.55 bits per heavy atom. The van der Waals surface area contributed by atoms with Gasteiger partial charge in [0.05, 0.1) is 35.2 Å². The molecule has 1 aliphatic heterocycles. The summed E-state index contributed by atoms with van der Waals surface area (Å²) in [6.07, 6.45) is 2.83. The summed E-state index contributed by atoms with van der Waals surface area (Å²) in [4.78, 5) is 27.3. The van der Waals surface area contributed by atoms with Crippen LogP contribution in [-0.2, 0) is 9.53 Å². The zero-order valence-electron chi connectivity index (χ0n) is 17.4. The number of carbonyl (C=O) groups is 2. The van der Waals surface area contributed by atoms with Crippen LogP contribution in [0.1, 0.15) is 62.5 Å². The molecule has 0 N–H and O–H groups in total. The summed E-state index contributed by atoms with van der Waals surface area (Å²) in [7, 11) is 0. The van der Waals surface area contributed by atoms with Crippen LogP contribution in [0.5, 0.6) is 0 Å². The highest BCUT2D eigenvalue weighted by Crippen LogP contribution is 2.34. The van der Waals surface area contributed by atoms with Crippen LogP contribution in [0.4, 0.5) is 0 Å². The molecule has 156 valence electrons. The van der Waals surface area contributed by atoms with Crippen LogP contribution in [0, 0.1) is 5.41 Å². The Balaban J connectivity index is 1.83. The van der Waals surface area contributed by atoms with Crippen molar-refractivity contribution in [1.82, 2.24) is 14.7 Å². The quantitative estimate of drug-likeness (QED) is 0.674. The molecule has 1 fully saturated rings. The molecule has 0 spiro atoms. The van der Waals surface area contributed by atoms with Crippen molar-refractivity contribution in [2.24, 2.45) is 5.41 Å². The van der Waals surface area contributed by atoms with Gasteiger partial charge in [0.1, 0.15) is 0 Å². The highest BCUT2D eigenvalue weighted by atomic mass is 35.5. The number of esters is 1. The lowest BCUT2D eigenvalue weighted by Gasteiger charge is -2.37. The van der Waals surface area contributed by atoms with Gasteiger partial charge in [0.2, 0.25) is 0 Å². The van der Waals surface area contributed by atoms with Gasteiger partial charge in [-0.3, -0.25) is 9.59 Å². The van der Waals surface area contributed by atoms with E-state index in [0.29, 0.717) is 43.1 Å². The van der Waals surface area contributed by atoms with Gasteiger partial charge in [-0.15, -0.1) is 0 Å². The van der Waals surface area contributed by atoms with Crippen molar-refractivity contribution in [3.8, 4) is 5.69 Å². The topological polar surface area (TPSA) is 64.4 Å². The van der Waals surface area contributed by atoms with Gasteiger partial charge >= 0.3 is 5.97 Å². The van der Waals surface area contributed by atoms with Crippen molar-refractivity contribution in [3.05, 3.63) is 46.7 Å². The third-order valence-corrected chi connectivity index (χ3v) is 5.79. The van der Waals surface area contributed by atoms with Crippen molar-refractivity contribution in [2.45, 2.75) is 46.5 Å². The number of piperidine rings is 1. The van der Waals surface area contributed by atoms with E-state index in [1.165, 1.54) is 0 Å². The number of aromatic nitrogens is 2. The Morgan fingerprint density at radius 2 is 1.97 bits per heavy atom. The minimum atomic E-state index is -0.529. The van der Waals surface area contributed by atoms with Gasteiger partial charge in [-0.25, -0.2) is 4.68 Å². The monoisotopic (exact) mass is 417 g/mol. The second-order valence-corrected chi connectivity index (χ2v) is 8.50. The molecule has 7 heteroatoms. The van der Waals surface area contributed by atoms with E-state index in [2.05, 4.69) is 5.10 Å². The predicted octanol–water partition coefficient (Wildman–Crippen LogP) is 4.45. The summed E-state index contributed by atoms with van der Waals surface area (Å²) in [5.41, 5.74) is 1.75. The number of hydrogen-bond acceptors (Lipinski definition) is 4. The molecule has 1 saturated heterocycles. The molecule has 0 saturated carbocycles. The lowest BCUT2D eigenvalue weighted by Crippen LogP contribution is -2.45. The molecule has 1 aromatic heterocycles. The smallest absolute Gasteiger partial charge is 0.311 e. The molecular formula is C22H28ClN3O3. The number of amides is 1. The molecule has 1 aromatic carbocycles. The number of rotatable bonds is 5. The molecular weight excluding hydrogens is 390 g/mol. The Morgan fingerprint density at radius 1 is 1.28 bits per heavy atom. The summed E-state index contributed by atoms with van der Waals surface area (Å²) >= 11 is 6.14. The van der Waals surface area contributed by atoms with Crippen molar-refractivity contribution >= 4 is 23.5 Å². The summed E-state index contributed by atoms with van der Waals surface area (Å²) < 4.78 is 7.00. The van der Waals surface area contributed by atoms with Crippen LogP contribution in [0.25, 0.3) is 5.69 Å². The maximum atomic E-state index is 13.3. The maximum absolute atomic E-state index is 13.3. The lowest BCUT2D eigenvalue weighted by molar-refractivity contribution is -0.156. The van der Waals surface area contributed by atoms with Gasteiger partial charge in [0.25, 0.3) is 5.91 Å². The minimum absolute atomic E-state index is 0.0483. The van der Waals surface area contributed by atoms with Crippen LogP contribution >= 0.6 is 11.6 Å². The van der Waals surface area contributed by atoms with E-state index in [9.17, 15) is 9.59 Å². The van der Waals surface area contributed by atoms with Gasteiger partial charge in [0, 0.05) is 18.1 Å². The van der Waals surface area contributed by atoms with E-state index in [1.54, 1.807) is 10.9 Å². The van der Waals surface area contributed by atoms with E-state index >= 15 is 0 Å². The fourth-order valence-electron chi connectivity index (χ4n) is 3.78. The SMILES string of the molecule is CCOC(=O)C1(C)CCN(C(=O)c2cnn(-c3cccc(Cl)c3)c2C(C)C)CC1. The molecule has 0 unspecified atom stereocenters. The second kappa shape index (κ2) is 8.57. The number of benzene rings is 1. The van der Waals surface area contributed by atoms with Crippen LogP contribution in [-0.4, -0.2) is 46.3 Å². The average molecular weight is 418 g/mol. The molecule has 1 aliphatic rings. The van der Waals surface area contributed by atoms with Crippen LogP contribution < -0.4 is 0 Å². The van der Waals surface area contributed by atoms with Gasteiger partial charge in [0.15, 0.2) is 0 Å². The third kappa shape index (κ3) is 4.32. The van der Waals surface area contributed by atoms with E-state index < -0.39 is 5.41 Å². The highest BCUT2D eigenvalue weighted by molar-refractivity contribution is 6.30. The first-order valence-electron chi connectivity index (χ1n) is 10.1. The molecule has 29 heavy (non-hydrogen) atoms. The highest BCUT2D eigenvalue weighted by Gasteiger charge is 2.40. The Kier molecular flexibility index (Phi) is 6.32. The number of ether oxygens (including phenoxy) is 1. The number of halogens is 1. The second-order valence-electron chi connectivity index (χ2n) is 8.06. The minimum Gasteiger partial charge on any atom is -0.466 e. The van der Waals surface area contributed by atoms with Crippen molar-refractivity contribution in [2.75, 3.05) is 19.7 Å². The molecule has 2 heterocycles. The zero-order valence-corrected chi connectivity index (χ0v) is 18.2. The number of hydrogen-bond donors (Lipinski definition) is 0. The Hall–Kier alpha value is -2.34. The Bertz CT molecular complexity index is 898. The van der Waals surface area contributed by atoms with Crippen LogP contribution in [0.2, 0.25) is 5.02 Å². The van der Waals surface area contributed by atoms with Gasteiger partial charge in [-0.2, -0.15) is 5.10 Å². The first-order valence-corrected chi connectivity index (χ1v) is 10.4. The fourth-order valence-corrected chi connectivity index (χ4v) is 3.96. The first kappa shape index (κ1) is 21.4. The lowest BCUT2D eigenvalue weighted by atomic mass is 9.80. The third-order valence-electron chi connectivity index (χ3n) is 5.56. The zero-order chi connectivity index (χ0) is 21.2. The normalized spacial score (nSPS) is 16.1. The van der Waals surface area contributed by atoms with Crippen LogP contribution in [0.15, 0.2) is 30.5 Å². The molecule has 6 nitrogen and oxygen atoms in total. The average Bonchev–Trinajstić information content (AvgIpc) is 3.14. The van der Waals surface area contributed by atoms with Crippen molar-refractivity contribution in [3.63, 3.8) is 0 Å². The van der Waals surface area contributed by atoms with Crippen LogP contribution in [0.3, 0.4) is 0 Å².